The number of nitrogens with one attached hydrogen (secondary N) is 1. The SMILES string of the molecule is COc1ccc(/C=C(/C(=O)NCCO)n2ccccc2=O)cc1. The Kier molecular flexibility index (Phi) is 5.71. The van der Waals surface area contributed by atoms with Crippen LogP contribution in [0.1, 0.15) is 5.56 Å². The van der Waals surface area contributed by atoms with Crippen LogP contribution in [0.5, 0.6) is 5.75 Å². The van der Waals surface area contributed by atoms with Crippen molar-refractivity contribution >= 4 is 17.7 Å². The van der Waals surface area contributed by atoms with Crippen molar-refractivity contribution in [1.29, 1.82) is 0 Å². The maximum Gasteiger partial charge on any atom is 0.268 e. The molecule has 1 aromatic carbocycles. The van der Waals surface area contributed by atoms with Gasteiger partial charge in [0.05, 0.1) is 13.7 Å². The molecule has 0 radical (unpaired) electrons. The van der Waals surface area contributed by atoms with Gasteiger partial charge in [0, 0.05) is 18.8 Å². The molecule has 0 aliphatic carbocycles. The molecule has 0 saturated heterocycles. The van der Waals surface area contributed by atoms with Gasteiger partial charge in [-0.1, -0.05) is 18.2 Å². The number of aliphatic hydroxyl groups is 1. The molecule has 1 aromatic heterocycles. The molecule has 6 nitrogen and oxygen atoms in total. The van der Waals surface area contributed by atoms with E-state index in [0.29, 0.717) is 5.75 Å². The first-order chi connectivity index (χ1) is 11.2. The van der Waals surface area contributed by atoms with Crippen molar-refractivity contribution in [3.8, 4) is 5.75 Å². The van der Waals surface area contributed by atoms with Crippen molar-refractivity contribution in [3.05, 3.63) is 64.6 Å². The number of hydrogen-bond acceptors (Lipinski definition) is 4. The van der Waals surface area contributed by atoms with E-state index < -0.39 is 5.91 Å². The number of carbonyl (C=O) groups is 1. The Morgan fingerprint density at radius 1 is 1.26 bits per heavy atom. The fourth-order valence-corrected chi connectivity index (χ4v) is 1.99. The van der Waals surface area contributed by atoms with Gasteiger partial charge in [0.2, 0.25) is 0 Å². The van der Waals surface area contributed by atoms with E-state index in [4.69, 9.17) is 9.84 Å². The van der Waals surface area contributed by atoms with Crippen LogP contribution in [0.3, 0.4) is 0 Å². The molecule has 0 aliphatic rings. The van der Waals surface area contributed by atoms with E-state index >= 15 is 0 Å². The first-order valence-corrected chi connectivity index (χ1v) is 7.08. The van der Waals surface area contributed by atoms with Gasteiger partial charge in [-0.25, -0.2) is 0 Å². The fraction of sp³-hybridized carbons (Fsp3) is 0.176. The Bertz CT molecular complexity index is 748. The number of aliphatic hydroxyl groups excluding tert-OH is 1. The third kappa shape index (κ3) is 4.31. The Morgan fingerprint density at radius 2 is 2.00 bits per heavy atom. The van der Waals surface area contributed by atoms with Crippen molar-refractivity contribution in [2.45, 2.75) is 0 Å². The van der Waals surface area contributed by atoms with Crippen LogP contribution in [0.4, 0.5) is 0 Å². The lowest BCUT2D eigenvalue weighted by atomic mass is 10.1. The zero-order chi connectivity index (χ0) is 16.7. The molecule has 2 rings (SSSR count). The number of hydrogen-bond donors (Lipinski definition) is 2. The van der Waals surface area contributed by atoms with Crippen LogP contribution in [-0.4, -0.2) is 35.8 Å². The minimum absolute atomic E-state index is 0.111. The number of methoxy groups -OCH3 is 1. The van der Waals surface area contributed by atoms with E-state index in [0.717, 1.165) is 5.56 Å². The summed E-state index contributed by atoms with van der Waals surface area (Å²) in [7, 11) is 1.57. The average Bonchev–Trinajstić information content (AvgIpc) is 2.59. The highest BCUT2D eigenvalue weighted by Crippen LogP contribution is 2.15. The van der Waals surface area contributed by atoms with Gasteiger partial charge in [0.15, 0.2) is 0 Å². The third-order valence-corrected chi connectivity index (χ3v) is 3.13. The molecule has 120 valence electrons. The number of carbonyl (C=O) groups excluding carboxylic acids is 1. The molecule has 1 heterocycles. The molecule has 0 atom stereocenters. The van der Waals surface area contributed by atoms with Gasteiger partial charge in [-0.2, -0.15) is 0 Å². The predicted octanol–water partition coefficient (Wildman–Crippen LogP) is 0.963. The number of amides is 1. The summed E-state index contributed by atoms with van der Waals surface area (Å²) in [6.45, 7) is -0.0639. The van der Waals surface area contributed by atoms with Gasteiger partial charge < -0.3 is 15.2 Å². The lowest BCUT2D eigenvalue weighted by molar-refractivity contribution is -0.116. The van der Waals surface area contributed by atoms with Gasteiger partial charge in [-0.05, 0) is 29.8 Å². The molecule has 0 unspecified atom stereocenters. The Hall–Kier alpha value is -2.86. The zero-order valence-electron chi connectivity index (χ0n) is 12.7. The summed E-state index contributed by atoms with van der Waals surface area (Å²) in [5.74, 6) is 0.258. The molecule has 0 fully saturated rings. The number of nitrogens with zero attached hydrogens (tertiary/aromatic N) is 1. The lowest BCUT2D eigenvalue weighted by Gasteiger charge is -2.11. The molecule has 0 saturated carbocycles. The predicted molar refractivity (Wildman–Crippen MR) is 88.0 cm³/mol. The molecule has 6 heteroatoms. The van der Waals surface area contributed by atoms with Crippen molar-refractivity contribution in [2.24, 2.45) is 0 Å². The minimum atomic E-state index is -0.442. The maximum atomic E-state index is 12.3. The number of ether oxygens (including phenoxy) is 1. The third-order valence-electron chi connectivity index (χ3n) is 3.13. The van der Waals surface area contributed by atoms with Crippen LogP contribution >= 0.6 is 0 Å². The highest BCUT2D eigenvalue weighted by Gasteiger charge is 2.12. The highest BCUT2D eigenvalue weighted by molar-refractivity contribution is 6.18. The van der Waals surface area contributed by atoms with Gasteiger partial charge >= 0.3 is 0 Å². The van der Waals surface area contributed by atoms with Gasteiger partial charge in [0.25, 0.3) is 11.5 Å². The summed E-state index contributed by atoms with van der Waals surface area (Å²) in [4.78, 5) is 24.3. The van der Waals surface area contributed by atoms with Crippen molar-refractivity contribution in [2.75, 3.05) is 20.3 Å². The molecule has 2 aromatic rings. The van der Waals surface area contributed by atoms with Crippen LogP contribution in [0.2, 0.25) is 0 Å². The van der Waals surface area contributed by atoms with E-state index in [9.17, 15) is 9.59 Å². The van der Waals surface area contributed by atoms with E-state index in [1.165, 1.54) is 16.8 Å². The van der Waals surface area contributed by atoms with E-state index in [-0.39, 0.29) is 24.4 Å². The van der Waals surface area contributed by atoms with Gasteiger partial charge in [-0.3, -0.25) is 14.2 Å². The Morgan fingerprint density at radius 3 is 2.61 bits per heavy atom. The quantitative estimate of drug-likeness (QED) is 0.778. The second kappa shape index (κ2) is 7.95. The van der Waals surface area contributed by atoms with Crippen LogP contribution in [0.25, 0.3) is 11.8 Å². The maximum absolute atomic E-state index is 12.3. The second-order valence-electron chi connectivity index (χ2n) is 4.69. The Balaban J connectivity index is 2.43. The molecule has 0 spiro atoms. The second-order valence-corrected chi connectivity index (χ2v) is 4.69. The van der Waals surface area contributed by atoms with Crippen molar-refractivity contribution < 1.29 is 14.6 Å². The molecular formula is C17H18N2O4. The number of pyridine rings is 1. The fourth-order valence-electron chi connectivity index (χ4n) is 1.99. The highest BCUT2D eigenvalue weighted by atomic mass is 16.5. The molecular weight excluding hydrogens is 296 g/mol. The van der Waals surface area contributed by atoms with Crippen LogP contribution < -0.4 is 15.6 Å². The summed E-state index contributed by atoms with van der Waals surface area (Å²) in [5.41, 5.74) is 0.608. The summed E-state index contributed by atoms with van der Waals surface area (Å²) in [6.07, 6.45) is 3.13. The Labute approximate surface area is 133 Å². The number of aromatic nitrogens is 1. The van der Waals surface area contributed by atoms with Gasteiger partial charge in [0.1, 0.15) is 11.4 Å². The zero-order valence-corrected chi connectivity index (χ0v) is 12.7. The minimum Gasteiger partial charge on any atom is -0.497 e. The van der Waals surface area contributed by atoms with Crippen molar-refractivity contribution in [1.82, 2.24) is 9.88 Å². The standard InChI is InChI=1S/C17H18N2O4/c1-23-14-7-5-13(6-8-14)12-15(17(22)18-9-11-20)19-10-3-2-4-16(19)21/h2-8,10,12,20H,9,11H2,1H3,(H,18,22)/b15-12-. The molecule has 23 heavy (non-hydrogen) atoms. The summed E-state index contributed by atoms with van der Waals surface area (Å²) < 4.78 is 6.36. The van der Waals surface area contributed by atoms with E-state index in [2.05, 4.69) is 5.32 Å². The average molecular weight is 314 g/mol. The van der Waals surface area contributed by atoms with E-state index in [1.54, 1.807) is 49.6 Å². The summed E-state index contributed by atoms with van der Waals surface area (Å²) >= 11 is 0. The topological polar surface area (TPSA) is 80.6 Å². The number of rotatable bonds is 6. The summed E-state index contributed by atoms with van der Waals surface area (Å²) in [6, 6.07) is 11.8. The van der Waals surface area contributed by atoms with Crippen LogP contribution in [0, 0.1) is 0 Å². The van der Waals surface area contributed by atoms with Crippen molar-refractivity contribution in [3.63, 3.8) is 0 Å². The summed E-state index contributed by atoms with van der Waals surface area (Å²) in [5, 5.41) is 11.4. The monoisotopic (exact) mass is 314 g/mol. The largest absolute Gasteiger partial charge is 0.497 e. The lowest BCUT2D eigenvalue weighted by Crippen LogP contribution is -2.32. The van der Waals surface area contributed by atoms with Crippen LogP contribution in [-0.2, 0) is 4.79 Å². The molecule has 0 bridgehead atoms. The first-order valence-electron chi connectivity index (χ1n) is 7.08. The number of benzene rings is 1. The molecule has 2 N–H and O–H groups in total. The molecule has 0 aliphatic heterocycles. The van der Waals surface area contributed by atoms with Crippen LogP contribution in [0.15, 0.2) is 53.5 Å². The smallest absolute Gasteiger partial charge is 0.268 e. The van der Waals surface area contributed by atoms with Gasteiger partial charge in [-0.15, -0.1) is 0 Å². The van der Waals surface area contributed by atoms with E-state index in [1.807, 2.05) is 0 Å². The first kappa shape index (κ1) is 16.5. The normalized spacial score (nSPS) is 11.1. The molecule has 1 amide bonds.